The fourth-order valence-corrected chi connectivity index (χ4v) is 2.86. The second-order valence-electron chi connectivity index (χ2n) is 6.44. The van der Waals surface area contributed by atoms with Gasteiger partial charge in [-0.1, -0.05) is 0 Å². The lowest BCUT2D eigenvalue weighted by atomic mass is 10.1. The van der Waals surface area contributed by atoms with E-state index in [1.807, 2.05) is 10.7 Å². The van der Waals surface area contributed by atoms with Crippen molar-refractivity contribution >= 4 is 0 Å². The van der Waals surface area contributed by atoms with E-state index in [0.29, 0.717) is 6.04 Å². The summed E-state index contributed by atoms with van der Waals surface area (Å²) in [6.45, 7) is 8.13. The number of nitrogens with zero attached hydrogens (tertiary/aromatic N) is 7. The molecule has 1 aliphatic heterocycles. The Labute approximate surface area is 124 Å². The smallest absolute Gasteiger partial charge is 0.165 e. The van der Waals surface area contributed by atoms with Crippen molar-refractivity contribution in [2.45, 2.75) is 51.7 Å². The molecule has 0 bridgehead atoms. The normalized spacial score (nSPS) is 20.0. The van der Waals surface area contributed by atoms with E-state index in [1.165, 1.54) is 6.42 Å². The van der Waals surface area contributed by atoms with E-state index in [0.717, 1.165) is 31.0 Å². The van der Waals surface area contributed by atoms with E-state index in [2.05, 4.69) is 51.2 Å². The van der Waals surface area contributed by atoms with Gasteiger partial charge in [0.05, 0.1) is 23.8 Å². The molecule has 0 spiro atoms. The number of likely N-dealkylation sites (tertiary alicyclic amines) is 1. The van der Waals surface area contributed by atoms with Crippen molar-refractivity contribution in [3.05, 3.63) is 30.1 Å². The zero-order valence-electron chi connectivity index (χ0n) is 12.8. The Balaban J connectivity index is 1.80. The van der Waals surface area contributed by atoms with Crippen LogP contribution < -0.4 is 0 Å². The first kappa shape index (κ1) is 14.1. The standard InChI is InChI=1S/C14H21N7/c1-14(2,3)21-13(17-18-19-21)9-20-8-4-5-12(20)11-6-7-15-10-16-11/h6-7,10,12H,4-5,8-9H2,1-3H3. The van der Waals surface area contributed by atoms with Gasteiger partial charge in [-0.15, -0.1) is 5.10 Å². The monoisotopic (exact) mass is 287 g/mol. The highest BCUT2D eigenvalue weighted by Gasteiger charge is 2.29. The Morgan fingerprint density at radius 2 is 2.19 bits per heavy atom. The second-order valence-corrected chi connectivity index (χ2v) is 6.44. The molecule has 1 atom stereocenters. The summed E-state index contributed by atoms with van der Waals surface area (Å²) in [7, 11) is 0. The topological polar surface area (TPSA) is 72.6 Å². The van der Waals surface area contributed by atoms with E-state index >= 15 is 0 Å². The van der Waals surface area contributed by atoms with Crippen molar-refractivity contribution in [1.29, 1.82) is 0 Å². The average molecular weight is 287 g/mol. The van der Waals surface area contributed by atoms with Crippen LogP contribution >= 0.6 is 0 Å². The first-order chi connectivity index (χ1) is 10.1. The number of hydrogen-bond donors (Lipinski definition) is 0. The quantitative estimate of drug-likeness (QED) is 0.853. The van der Waals surface area contributed by atoms with Gasteiger partial charge in [-0.25, -0.2) is 14.6 Å². The predicted octanol–water partition coefficient (Wildman–Crippen LogP) is 1.56. The minimum atomic E-state index is -0.108. The van der Waals surface area contributed by atoms with Crippen LogP contribution in [0.15, 0.2) is 18.6 Å². The second kappa shape index (κ2) is 5.48. The minimum absolute atomic E-state index is 0.108. The van der Waals surface area contributed by atoms with Crippen LogP contribution in [0.4, 0.5) is 0 Å². The van der Waals surface area contributed by atoms with Crippen LogP contribution in [-0.4, -0.2) is 41.6 Å². The molecular formula is C14H21N7. The van der Waals surface area contributed by atoms with E-state index in [9.17, 15) is 0 Å². The van der Waals surface area contributed by atoms with E-state index in [1.54, 1.807) is 12.5 Å². The van der Waals surface area contributed by atoms with Crippen LogP contribution in [0.5, 0.6) is 0 Å². The van der Waals surface area contributed by atoms with Gasteiger partial charge in [0.15, 0.2) is 5.82 Å². The van der Waals surface area contributed by atoms with Gasteiger partial charge in [0.25, 0.3) is 0 Å². The van der Waals surface area contributed by atoms with E-state index < -0.39 is 0 Å². The lowest BCUT2D eigenvalue weighted by molar-refractivity contribution is 0.222. The summed E-state index contributed by atoms with van der Waals surface area (Å²) in [5.41, 5.74) is 0.973. The summed E-state index contributed by atoms with van der Waals surface area (Å²) in [4.78, 5) is 10.8. The molecular weight excluding hydrogens is 266 g/mol. The molecule has 1 fully saturated rings. The first-order valence-electron chi connectivity index (χ1n) is 7.33. The van der Waals surface area contributed by atoms with Crippen LogP contribution in [-0.2, 0) is 12.1 Å². The Morgan fingerprint density at radius 3 is 2.90 bits per heavy atom. The van der Waals surface area contributed by atoms with Gasteiger partial charge in [-0.2, -0.15) is 0 Å². The van der Waals surface area contributed by atoms with Crippen molar-refractivity contribution in [3.63, 3.8) is 0 Å². The molecule has 0 aliphatic carbocycles. The van der Waals surface area contributed by atoms with E-state index in [4.69, 9.17) is 0 Å². The summed E-state index contributed by atoms with van der Waals surface area (Å²) < 4.78 is 1.91. The summed E-state index contributed by atoms with van der Waals surface area (Å²) >= 11 is 0. The highest BCUT2D eigenvalue weighted by Crippen LogP contribution is 2.31. The molecule has 0 saturated carbocycles. The van der Waals surface area contributed by atoms with Gasteiger partial charge < -0.3 is 0 Å². The van der Waals surface area contributed by atoms with Gasteiger partial charge in [0.1, 0.15) is 6.33 Å². The molecule has 7 heteroatoms. The lowest BCUT2D eigenvalue weighted by Crippen LogP contribution is -2.30. The average Bonchev–Trinajstić information content (AvgIpc) is 3.08. The van der Waals surface area contributed by atoms with Gasteiger partial charge in [0.2, 0.25) is 0 Å². The van der Waals surface area contributed by atoms with Crippen molar-refractivity contribution in [2.24, 2.45) is 0 Å². The predicted molar refractivity (Wildman–Crippen MR) is 77.2 cm³/mol. The van der Waals surface area contributed by atoms with Crippen LogP contribution in [0, 0.1) is 0 Å². The summed E-state index contributed by atoms with van der Waals surface area (Å²) in [6.07, 6.45) is 5.71. The number of tetrazole rings is 1. The minimum Gasteiger partial charge on any atom is -0.287 e. The van der Waals surface area contributed by atoms with Crippen molar-refractivity contribution in [1.82, 2.24) is 35.1 Å². The largest absolute Gasteiger partial charge is 0.287 e. The number of rotatable bonds is 3. The molecule has 0 amide bonds. The molecule has 1 saturated heterocycles. The fraction of sp³-hybridized carbons (Fsp3) is 0.643. The molecule has 3 heterocycles. The molecule has 7 nitrogen and oxygen atoms in total. The number of hydrogen-bond acceptors (Lipinski definition) is 6. The van der Waals surface area contributed by atoms with Gasteiger partial charge in [0, 0.05) is 6.20 Å². The molecule has 3 rings (SSSR count). The SMILES string of the molecule is CC(C)(C)n1nnnc1CN1CCCC1c1ccncn1. The molecule has 112 valence electrons. The Hall–Kier alpha value is -1.89. The molecule has 0 aromatic carbocycles. The Bertz CT molecular complexity index is 587. The highest BCUT2D eigenvalue weighted by molar-refractivity contribution is 5.07. The van der Waals surface area contributed by atoms with Crippen molar-refractivity contribution < 1.29 is 0 Å². The van der Waals surface area contributed by atoms with Crippen molar-refractivity contribution in [2.75, 3.05) is 6.54 Å². The first-order valence-corrected chi connectivity index (χ1v) is 7.33. The lowest BCUT2D eigenvalue weighted by Gasteiger charge is -2.25. The van der Waals surface area contributed by atoms with Gasteiger partial charge >= 0.3 is 0 Å². The molecule has 2 aromatic rings. The van der Waals surface area contributed by atoms with Crippen LogP contribution in [0.2, 0.25) is 0 Å². The van der Waals surface area contributed by atoms with Crippen molar-refractivity contribution in [3.8, 4) is 0 Å². The molecule has 1 unspecified atom stereocenters. The number of aromatic nitrogens is 6. The zero-order valence-corrected chi connectivity index (χ0v) is 12.8. The van der Waals surface area contributed by atoms with E-state index in [-0.39, 0.29) is 5.54 Å². The summed E-state index contributed by atoms with van der Waals surface area (Å²) in [5, 5.41) is 12.2. The zero-order chi connectivity index (χ0) is 14.9. The molecule has 0 N–H and O–H groups in total. The Morgan fingerprint density at radius 1 is 1.33 bits per heavy atom. The third-order valence-corrected chi connectivity index (χ3v) is 3.82. The summed E-state index contributed by atoms with van der Waals surface area (Å²) in [5.74, 6) is 0.906. The third kappa shape index (κ3) is 2.92. The fourth-order valence-electron chi connectivity index (χ4n) is 2.86. The van der Waals surface area contributed by atoms with Crippen LogP contribution in [0.25, 0.3) is 0 Å². The maximum Gasteiger partial charge on any atom is 0.165 e. The third-order valence-electron chi connectivity index (χ3n) is 3.82. The highest BCUT2D eigenvalue weighted by atomic mass is 15.6. The van der Waals surface area contributed by atoms with Gasteiger partial charge in [-0.05, 0) is 56.7 Å². The maximum atomic E-state index is 4.40. The molecule has 1 aliphatic rings. The van der Waals surface area contributed by atoms with Crippen LogP contribution in [0.3, 0.4) is 0 Å². The molecule has 21 heavy (non-hydrogen) atoms. The Kier molecular flexibility index (Phi) is 3.67. The van der Waals surface area contributed by atoms with Gasteiger partial charge in [-0.3, -0.25) is 4.90 Å². The molecule has 0 radical (unpaired) electrons. The molecule has 2 aromatic heterocycles. The maximum absolute atomic E-state index is 4.40. The van der Waals surface area contributed by atoms with Crippen LogP contribution in [0.1, 0.15) is 51.2 Å². The summed E-state index contributed by atoms with van der Waals surface area (Å²) in [6, 6.07) is 2.33.